The maximum Gasteiger partial charge on any atom is 0.238 e. The van der Waals surface area contributed by atoms with Crippen molar-refractivity contribution in [3.63, 3.8) is 0 Å². The van der Waals surface area contributed by atoms with E-state index in [1.165, 1.54) is 0 Å². The average molecular weight is 217 g/mol. The van der Waals surface area contributed by atoms with Crippen LogP contribution in [-0.2, 0) is 6.42 Å². The molecule has 0 aliphatic heterocycles. The SMILES string of the molecule is CCc1ccc(-n2cnc(C)c2)c(OC)n1. The molecule has 0 N–H and O–H groups in total. The number of nitrogens with zero attached hydrogens (tertiary/aromatic N) is 3. The second-order valence-electron chi connectivity index (χ2n) is 3.61. The summed E-state index contributed by atoms with van der Waals surface area (Å²) in [6.07, 6.45) is 4.62. The zero-order valence-corrected chi connectivity index (χ0v) is 9.77. The van der Waals surface area contributed by atoms with Gasteiger partial charge in [-0.05, 0) is 25.5 Å². The van der Waals surface area contributed by atoms with Gasteiger partial charge in [-0.2, -0.15) is 0 Å². The van der Waals surface area contributed by atoms with Gasteiger partial charge in [-0.3, -0.25) is 0 Å². The third-order valence-corrected chi connectivity index (χ3v) is 2.44. The summed E-state index contributed by atoms with van der Waals surface area (Å²) in [5.74, 6) is 0.636. The Morgan fingerprint density at radius 2 is 2.19 bits per heavy atom. The third-order valence-electron chi connectivity index (χ3n) is 2.44. The van der Waals surface area contributed by atoms with Crippen molar-refractivity contribution in [1.82, 2.24) is 14.5 Å². The highest BCUT2D eigenvalue weighted by atomic mass is 16.5. The van der Waals surface area contributed by atoms with Crippen molar-refractivity contribution >= 4 is 0 Å². The molecule has 0 aromatic carbocycles. The molecule has 2 aromatic rings. The monoisotopic (exact) mass is 217 g/mol. The Morgan fingerprint density at radius 1 is 1.38 bits per heavy atom. The van der Waals surface area contributed by atoms with E-state index in [0.29, 0.717) is 5.88 Å². The fraction of sp³-hybridized carbons (Fsp3) is 0.333. The number of hydrogen-bond acceptors (Lipinski definition) is 3. The maximum absolute atomic E-state index is 5.29. The molecule has 4 heteroatoms. The van der Waals surface area contributed by atoms with E-state index < -0.39 is 0 Å². The van der Waals surface area contributed by atoms with Crippen LogP contribution in [0.5, 0.6) is 5.88 Å². The Hall–Kier alpha value is -1.84. The third kappa shape index (κ3) is 1.91. The van der Waals surface area contributed by atoms with Crippen LogP contribution in [0.4, 0.5) is 0 Å². The largest absolute Gasteiger partial charge is 0.479 e. The summed E-state index contributed by atoms with van der Waals surface area (Å²) in [4.78, 5) is 8.62. The lowest BCUT2D eigenvalue weighted by atomic mass is 10.3. The van der Waals surface area contributed by atoms with Gasteiger partial charge in [0.05, 0.1) is 19.1 Å². The summed E-state index contributed by atoms with van der Waals surface area (Å²) in [5, 5.41) is 0. The number of rotatable bonds is 3. The molecule has 0 unspecified atom stereocenters. The van der Waals surface area contributed by atoms with Gasteiger partial charge in [-0.15, -0.1) is 0 Å². The second kappa shape index (κ2) is 4.35. The van der Waals surface area contributed by atoms with Crippen LogP contribution in [0.15, 0.2) is 24.7 Å². The normalized spacial score (nSPS) is 10.4. The van der Waals surface area contributed by atoms with Crippen molar-refractivity contribution in [2.45, 2.75) is 20.3 Å². The van der Waals surface area contributed by atoms with Gasteiger partial charge in [0.1, 0.15) is 5.69 Å². The molecule has 0 amide bonds. The Balaban J connectivity index is 2.48. The van der Waals surface area contributed by atoms with Crippen LogP contribution in [0.3, 0.4) is 0 Å². The number of aromatic nitrogens is 3. The number of aryl methyl sites for hydroxylation is 2. The molecular formula is C12H15N3O. The van der Waals surface area contributed by atoms with Gasteiger partial charge in [0.2, 0.25) is 5.88 Å². The molecule has 2 heterocycles. The van der Waals surface area contributed by atoms with E-state index in [4.69, 9.17) is 4.74 Å². The van der Waals surface area contributed by atoms with Crippen molar-refractivity contribution in [2.75, 3.05) is 7.11 Å². The molecule has 0 aliphatic carbocycles. The van der Waals surface area contributed by atoms with E-state index in [2.05, 4.69) is 16.9 Å². The first kappa shape index (κ1) is 10.7. The van der Waals surface area contributed by atoms with Crippen molar-refractivity contribution in [3.05, 3.63) is 36.0 Å². The topological polar surface area (TPSA) is 39.9 Å². The Morgan fingerprint density at radius 3 is 2.75 bits per heavy atom. The highest BCUT2D eigenvalue weighted by Gasteiger charge is 2.07. The summed E-state index contributed by atoms with van der Waals surface area (Å²) in [5.41, 5.74) is 2.92. The van der Waals surface area contributed by atoms with E-state index in [-0.39, 0.29) is 0 Å². The van der Waals surface area contributed by atoms with Crippen LogP contribution in [0, 0.1) is 6.92 Å². The number of methoxy groups -OCH3 is 1. The molecule has 84 valence electrons. The minimum absolute atomic E-state index is 0.636. The summed E-state index contributed by atoms with van der Waals surface area (Å²) in [6.45, 7) is 4.03. The first-order valence-electron chi connectivity index (χ1n) is 5.29. The lowest BCUT2D eigenvalue weighted by Gasteiger charge is -2.09. The predicted octanol–water partition coefficient (Wildman–Crippen LogP) is 2.15. The quantitative estimate of drug-likeness (QED) is 0.790. The van der Waals surface area contributed by atoms with Gasteiger partial charge in [-0.25, -0.2) is 9.97 Å². The van der Waals surface area contributed by atoms with Crippen LogP contribution in [0.1, 0.15) is 18.3 Å². The van der Waals surface area contributed by atoms with Crippen LogP contribution < -0.4 is 4.74 Å². The average Bonchev–Trinajstić information content (AvgIpc) is 2.74. The highest BCUT2D eigenvalue weighted by Crippen LogP contribution is 2.20. The van der Waals surface area contributed by atoms with Crippen LogP contribution >= 0.6 is 0 Å². The van der Waals surface area contributed by atoms with Gasteiger partial charge in [0.15, 0.2) is 0 Å². The molecular weight excluding hydrogens is 202 g/mol. The Labute approximate surface area is 94.9 Å². The first-order chi connectivity index (χ1) is 7.74. The van der Waals surface area contributed by atoms with E-state index in [9.17, 15) is 0 Å². The van der Waals surface area contributed by atoms with Crippen molar-refractivity contribution in [1.29, 1.82) is 0 Å². The van der Waals surface area contributed by atoms with Crippen molar-refractivity contribution < 1.29 is 4.74 Å². The van der Waals surface area contributed by atoms with Crippen LogP contribution in [0.2, 0.25) is 0 Å². The molecule has 0 aliphatic rings. The molecule has 4 nitrogen and oxygen atoms in total. The summed E-state index contributed by atoms with van der Waals surface area (Å²) in [6, 6.07) is 4.01. The fourth-order valence-corrected chi connectivity index (χ4v) is 1.57. The number of hydrogen-bond donors (Lipinski definition) is 0. The Kier molecular flexibility index (Phi) is 2.90. The molecule has 0 saturated carbocycles. The van der Waals surface area contributed by atoms with Crippen molar-refractivity contribution in [3.8, 4) is 11.6 Å². The first-order valence-corrected chi connectivity index (χ1v) is 5.29. The maximum atomic E-state index is 5.29. The van der Waals surface area contributed by atoms with Gasteiger partial charge in [0.25, 0.3) is 0 Å². The molecule has 2 aromatic heterocycles. The van der Waals surface area contributed by atoms with E-state index in [1.54, 1.807) is 13.4 Å². The van der Waals surface area contributed by atoms with E-state index in [0.717, 1.165) is 23.5 Å². The lowest BCUT2D eigenvalue weighted by molar-refractivity contribution is 0.394. The molecule has 0 saturated heterocycles. The minimum Gasteiger partial charge on any atom is -0.479 e. The van der Waals surface area contributed by atoms with Gasteiger partial charge in [0, 0.05) is 11.9 Å². The zero-order chi connectivity index (χ0) is 11.5. The molecule has 2 rings (SSSR count). The van der Waals surface area contributed by atoms with Crippen LogP contribution in [-0.4, -0.2) is 21.6 Å². The number of ether oxygens (including phenoxy) is 1. The zero-order valence-electron chi connectivity index (χ0n) is 9.77. The Bertz CT molecular complexity index is 491. The van der Waals surface area contributed by atoms with E-state index >= 15 is 0 Å². The summed E-state index contributed by atoms with van der Waals surface area (Å²) in [7, 11) is 1.63. The fourth-order valence-electron chi connectivity index (χ4n) is 1.57. The molecule has 0 bridgehead atoms. The predicted molar refractivity (Wildman–Crippen MR) is 62.0 cm³/mol. The smallest absolute Gasteiger partial charge is 0.238 e. The molecule has 16 heavy (non-hydrogen) atoms. The van der Waals surface area contributed by atoms with Gasteiger partial charge < -0.3 is 9.30 Å². The molecule has 0 fully saturated rings. The summed E-state index contributed by atoms with van der Waals surface area (Å²) >= 11 is 0. The van der Waals surface area contributed by atoms with Crippen LogP contribution in [0.25, 0.3) is 5.69 Å². The standard InChI is InChI=1S/C12H15N3O/c1-4-10-5-6-11(12(14-10)16-3)15-7-9(2)13-8-15/h5-8H,4H2,1-3H3. The molecule has 0 radical (unpaired) electrons. The van der Waals surface area contributed by atoms with Crippen molar-refractivity contribution in [2.24, 2.45) is 0 Å². The molecule has 0 atom stereocenters. The minimum atomic E-state index is 0.636. The second-order valence-corrected chi connectivity index (χ2v) is 3.61. The van der Waals surface area contributed by atoms with E-state index in [1.807, 2.05) is 29.8 Å². The lowest BCUT2D eigenvalue weighted by Crippen LogP contribution is -2.00. The van der Waals surface area contributed by atoms with Gasteiger partial charge >= 0.3 is 0 Å². The van der Waals surface area contributed by atoms with Gasteiger partial charge in [-0.1, -0.05) is 6.92 Å². The number of pyridine rings is 1. The summed E-state index contributed by atoms with van der Waals surface area (Å²) < 4.78 is 7.21. The molecule has 0 spiro atoms. The number of imidazole rings is 1. The highest BCUT2D eigenvalue weighted by molar-refractivity contribution is 5.42.